The van der Waals surface area contributed by atoms with Crippen molar-refractivity contribution in [1.29, 1.82) is 0 Å². The molecule has 1 nitrogen and oxygen atoms in total. The van der Waals surface area contributed by atoms with E-state index in [2.05, 4.69) is 0 Å². The Morgan fingerprint density at radius 3 is 1.01 bits per heavy atom. The Balaban J connectivity index is 1.12. The number of rotatable bonds is 6. The molecule has 0 atom stereocenters. The number of benzene rings is 13. The van der Waals surface area contributed by atoms with Crippen LogP contribution in [-0.4, -0.2) is 0 Å². The second-order valence-corrected chi connectivity index (χ2v) is 18.0. The Labute approximate surface area is 529 Å². The Hall–Kier alpha value is -10.1. The Kier molecular flexibility index (Phi) is 3.75. The van der Waals surface area contributed by atoms with Crippen molar-refractivity contribution in [3.63, 3.8) is 0 Å². The normalized spacial score (nSPS) is 22.5. The first-order valence-corrected chi connectivity index (χ1v) is 23.7. The van der Waals surface area contributed by atoms with E-state index in [4.69, 9.17) is 15.1 Å². The van der Waals surface area contributed by atoms with Gasteiger partial charge in [-0.25, -0.2) is 0 Å². The molecular weight excluding hydrogens is 951 g/mol. The van der Waals surface area contributed by atoms with E-state index in [0.717, 1.165) is 0 Å². The summed E-state index contributed by atoms with van der Waals surface area (Å²) in [6.45, 7) is 0. The van der Waals surface area contributed by atoms with Gasteiger partial charge in [0.15, 0.2) is 0 Å². The van der Waals surface area contributed by atoms with Crippen LogP contribution in [0.15, 0.2) is 296 Å². The first-order chi connectivity index (χ1) is 59.6. The fraction of sp³-hybridized carbons (Fsp3) is 0.0256. The molecule has 0 N–H and O–H groups in total. The van der Waals surface area contributed by atoms with Crippen molar-refractivity contribution in [3.05, 3.63) is 341 Å². The summed E-state index contributed by atoms with van der Waals surface area (Å²) in [5, 5.41) is -1.98. The average Bonchev–Trinajstić information content (AvgIpc) is 1.48. The van der Waals surface area contributed by atoms with Crippen molar-refractivity contribution in [3.8, 4) is 77.9 Å². The maximum absolute atomic E-state index is 11.3. The van der Waals surface area contributed by atoms with Crippen LogP contribution in [0.3, 0.4) is 0 Å². The SMILES string of the molecule is [2H]c1c([2H])c([2H])c(-c2c([2H])c([2H])c(-c3c(-c4c([2H])c([2H])c(N(c5c([2H])c([2H])c6c(c5[2H])C5(c7c([2H])c([2H])c([2H])c([2H])c7-c7c([2H])c([2H])c([2H])c([2H])c75)c5c([2H])c([2H])c([2H])c([2H])c5-6)c5c([2H])c([2H])c6c(c5[2H])C5(c7c([2H])c([2H])c([2H])c([2H])c7-c7c([2H])c([2H])c([2H])c([2H])c75)c5c([2H])c([2H])c([2H])c([2H])c5-6)c([2H])c4[2H])c([2H])c([2H])c4c([2H])c([2H])c([2H])c([2H])c34)c([2H])c2[2H])c([2H])c1[2H]. The molecule has 2 spiro atoms. The highest BCUT2D eigenvalue weighted by atomic mass is 15.1. The minimum Gasteiger partial charge on any atom is -0.310 e. The largest absolute Gasteiger partial charge is 0.310 e. The molecule has 0 saturated carbocycles. The monoisotopic (exact) mass is 1050 g/mol. The van der Waals surface area contributed by atoms with Gasteiger partial charge in [0.05, 0.1) is 78.0 Å². The lowest BCUT2D eigenvalue weighted by Crippen LogP contribution is -2.26. The van der Waals surface area contributed by atoms with E-state index < -0.39 is 457 Å². The van der Waals surface area contributed by atoms with E-state index in [0.29, 0.717) is 0 Å². The predicted molar refractivity (Wildman–Crippen MR) is 328 cm³/mol. The molecule has 0 aliphatic heterocycles. The third-order valence-corrected chi connectivity index (χ3v) is 14.4. The van der Waals surface area contributed by atoms with Gasteiger partial charge < -0.3 is 4.90 Å². The van der Waals surface area contributed by atoms with E-state index in [1.807, 2.05) is 0 Å². The molecule has 0 radical (unpaired) electrons. The lowest BCUT2D eigenvalue weighted by Gasteiger charge is -2.33. The molecule has 0 heterocycles. The molecule has 79 heavy (non-hydrogen) atoms. The molecule has 1 heteroatoms. The summed E-state index contributed by atoms with van der Waals surface area (Å²) < 4.78 is 473. The third kappa shape index (κ3) is 5.99. The molecule has 0 saturated heterocycles. The van der Waals surface area contributed by atoms with Gasteiger partial charge in [0.1, 0.15) is 0 Å². The third-order valence-electron chi connectivity index (χ3n) is 14.4. The number of fused-ring (bicyclic) bond motifs is 21. The topological polar surface area (TPSA) is 3.24 Å². The van der Waals surface area contributed by atoms with Crippen LogP contribution in [-0.2, 0) is 10.8 Å². The van der Waals surface area contributed by atoms with E-state index >= 15 is 0 Å². The minimum atomic E-state index is -3.34. The molecule has 366 valence electrons. The summed E-state index contributed by atoms with van der Waals surface area (Å²) >= 11 is 0. The second-order valence-electron chi connectivity index (χ2n) is 18.0. The maximum Gasteiger partial charge on any atom is 0.0726 e. The second kappa shape index (κ2) is 16.7. The summed E-state index contributed by atoms with van der Waals surface area (Å²) in [5.41, 5.74) is -33.4. The van der Waals surface area contributed by atoms with E-state index in [9.17, 15) is 52.1 Å². The number of hydrogen-bond acceptors (Lipinski definition) is 1. The Morgan fingerprint density at radius 1 is 0.228 bits per heavy atom. The van der Waals surface area contributed by atoms with Crippen LogP contribution in [0.4, 0.5) is 17.1 Å². The summed E-state index contributed by atoms with van der Waals surface area (Å²) in [7, 11) is 0. The molecule has 13 aromatic carbocycles. The van der Waals surface area contributed by atoms with Crippen molar-refractivity contribution in [1.82, 2.24) is 0 Å². The summed E-state index contributed by atoms with van der Waals surface area (Å²) in [5.74, 6) is 0. The van der Waals surface area contributed by atoms with Gasteiger partial charge in [0, 0.05) is 17.1 Å². The fourth-order valence-corrected chi connectivity index (χ4v) is 11.3. The number of anilines is 3. The van der Waals surface area contributed by atoms with Crippen molar-refractivity contribution in [2.24, 2.45) is 0 Å². The van der Waals surface area contributed by atoms with Gasteiger partial charge in [-0.2, -0.15) is 0 Å². The zero-order chi connectivity index (χ0) is 94.5. The lowest BCUT2D eigenvalue weighted by molar-refractivity contribution is 0.792. The lowest BCUT2D eigenvalue weighted by atomic mass is 9.70. The van der Waals surface area contributed by atoms with Crippen LogP contribution < -0.4 is 4.90 Å². The van der Waals surface area contributed by atoms with Crippen LogP contribution in [0.2, 0.25) is 0 Å². The molecule has 17 rings (SSSR count). The van der Waals surface area contributed by atoms with Gasteiger partial charge in [-0.3, -0.25) is 0 Å². The predicted octanol–water partition coefficient (Wildman–Crippen LogP) is 20.0. The standard InChI is InChI=1S/C78H49N/c1-2-18-50(19-3-1)51-34-36-54(37-35-51)76-58-21-5-4-20-52(58)40-45-59(76)53-38-41-55(42-39-53)79(56-43-46-66-64-26-10-16-32-72(64)77(74(66)48-56)68-28-12-6-22-60(68)61-23-7-13-29-69(61)77)57-44-47-67-65-27-11-17-33-73(65)78(75(67)49-57)70-30-14-8-24-62(70)63-25-9-15-31-71(63)78/h1-49H/i1D,2D,3D,4D,5D,6D,7D,8D,9D,10D,11D,12D,13D,14D,15D,16D,17D,18D,19D,20D,21D,22D,23D,24D,25D,26D,27D,28D,29D,30D,31D,32D,33D,34D,35D,36D,37D,38D,39D,40D,41D,42D,43D,44D,45D,46D,47D,48D,49D. The summed E-state index contributed by atoms with van der Waals surface area (Å²) in [6, 6.07) is -61.6. The van der Waals surface area contributed by atoms with Crippen molar-refractivity contribution in [2.45, 2.75) is 10.8 Å². The molecule has 0 aromatic heterocycles. The fourth-order valence-electron chi connectivity index (χ4n) is 11.3. The van der Waals surface area contributed by atoms with Crippen LogP contribution in [0, 0.1) is 0 Å². The van der Waals surface area contributed by atoms with Crippen molar-refractivity contribution in [2.75, 3.05) is 4.90 Å². The zero-order valence-corrected chi connectivity index (χ0v) is 39.4. The van der Waals surface area contributed by atoms with Gasteiger partial charge in [-0.15, -0.1) is 0 Å². The summed E-state index contributed by atoms with van der Waals surface area (Å²) in [6.07, 6.45) is 0. The molecule has 0 amide bonds. The van der Waals surface area contributed by atoms with Gasteiger partial charge in [-0.1, -0.05) is 260 Å². The van der Waals surface area contributed by atoms with Crippen molar-refractivity contribution < 1.29 is 67.2 Å². The molecule has 0 fully saturated rings. The molecule has 13 aromatic rings. The van der Waals surface area contributed by atoms with E-state index in [-0.39, 0.29) is 4.90 Å². The average molecular weight is 1050 g/mol. The summed E-state index contributed by atoms with van der Waals surface area (Å²) in [4.78, 5) is 0.109. The van der Waals surface area contributed by atoms with Crippen LogP contribution in [0.5, 0.6) is 0 Å². The molecular formula is C78H49N. The van der Waals surface area contributed by atoms with Crippen LogP contribution >= 0.6 is 0 Å². The molecule has 4 aliphatic carbocycles. The van der Waals surface area contributed by atoms with Crippen LogP contribution in [0.1, 0.15) is 112 Å². The highest BCUT2D eigenvalue weighted by molar-refractivity contribution is 6.05. The maximum atomic E-state index is 11.3. The van der Waals surface area contributed by atoms with Gasteiger partial charge >= 0.3 is 0 Å². The van der Waals surface area contributed by atoms with Gasteiger partial charge in [-0.05, 0) is 169 Å². The molecule has 4 aliphatic rings. The zero-order valence-electron chi connectivity index (χ0n) is 88.4. The van der Waals surface area contributed by atoms with Gasteiger partial charge in [0.25, 0.3) is 0 Å². The first kappa shape index (κ1) is 17.7. The van der Waals surface area contributed by atoms with E-state index in [1.165, 1.54) is 0 Å². The molecule has 0 unspecified atom stereocenters. The van der Waals surface area contributed by atoms with Crippen LogP contribution in [0.25, 0.3) is 88.7 Å². The Bertz CT molecular complexity index is 7100. The minimum absolute atomic E-state index is 0.109. The van der Waals surface area contributed by atoms with E-state index in [1.54, 1.807) is 0 Å². The highest BCUT2D eigenvalue weighted by Gasteiger charge is 2.53. The number of hydrogen-bond donors (Lipinski definition) is 0. The van der Waals surface area contributed by atoms with Gasteiger partial charge in [0.2, 0.25) is 0 Å². The quantitative estimate of drug-likeness (QED) is 0.160. The molecule has 0 bridgehead atoms. The Morgan fingerprint density at radius 2 is 0.557 bits per heavy atom. The highest BCUT2D eigenvalue weighted by Crippen LogP contribution is 2.65. The van der Waals surface area contributed by atoms with Crippen molar-refractivity contribution >= 4 is 27.8 Å². The first-order valence-electron chi connectivity index (χ1n) is 48.2. The number of nitrogens with zero attached hydrogens (tertiary/aromatic N) is 1. The smallest absolute Gasteiger partial charge is 0.0726 e.